The second-order valence-corrected chi connectivity index (χ2v) is 7.13. The molecule has 3 rings (SSSR count). The lowest BCUT2D eigenvalue weighted by molar-refractivity contribution is -0.148. The van der Waals surface area contributed by atoms with Gasteiger partial charge in [0, 0.05) is 22.0 Å². The van der Waals surface area contributed by atoms with E-state index in [1.54, 1.807) is 17.9 Å². The zero-order chi connectivity index (χ0) is 17.8. The second-order valence-electron chi connectivity index (χ2n) is 5.71. The molecule has 6 heteroatoms. The van der Waals surface area contributed by atoms with Crippen LogP contribution in [0, 0.1) is 0 Å². The van der Waals surface area contributed by atoms with Crippen molar-refractivity contribution < 1.29 is 14.3 Å². The van der Waals surface area contributed by atoms with Crippen LogP contribution in [0.4, 0.5) is 5.69 Å². The Bertz CT molecular complexity index is 796. The first-order chi connectivity index (χ1) is 12.1. The predicted molar refractivity (Wildman–Crippen MR) is 100 cm³/mol. The highest BCUT2D eigenvalue weighted by Gasteiger charge is 2.25. The largest absolute Gasteiger partial charge is 0.458 e. The number of amides is 1. The number of ether oxygens (including phenoxy) is 1. The molecule has 2 aromatic carbocycles. The number of esters is 1. The molecule has 0 spiro atoms. The highest BCUT2D eigenvalue weighted by molar-refractivity contribution is 8.00. The zero-order valence-corrected chi connectivity index (χ0v) is 15.3. The van der Waals surface area contributed by atoms with Crippen molar-refractivity contribution in [1.82, 2.24) is 0 Å². The van der Waals surface area contributed by atoms with Gasteiger partial charge in [-0.15, -0.1) is 11.8 Å². The van der Waals surface area contributed by atoms with Gasteiger partial charge >= 0.3 is 5.97 Å². The molecule has 1 atom stereocenters. The van der Waals surface area contributed by atoms with E-state index in [2.05, 4.69) is 0 Å². The molecule has 0 N–H and O–H groups in total. The maximum absolute atomic E-state index is 12.2. The number of carbonyl (C=O) groups is 2. The summed E-state index contributed by atoms with van der Waals surface area (Å²) in [5.41, 5.74) is 1.63. The molecule has 25 heavy (non-hydrogen) atoms. The van der Waals surface area contributed by atoms with Crippen molar-refractivity contribution in [2.45, 2.75) is 24.3 Å². The first-order valence-corrected chi connectivity index (χ1v) is 9.38. The molecule has 0 unspecified atom stereocenters. The molecule has 4 nitrogen and oxygen atoms in total. The van der Waals surface area contributed by atoms with Crippen molar-refractivity contribution in [2.24, 2.45) is 0 Å². The van der Waals surface area contributed by atoms with Crippen molar-refractivity contribution in [2.75, 3.05) is 17.2 Å². The number of nitrogens with zero attached hydrogens (tertiary/aromatic N) is 1. The van der Waals surface area contributed by atoms with E-state index in [9.17, 15) is 9.59 Å². The van der Waals surface area contributed by atoms with E-state index in [4.69, 9.17) is 16.3 Å². The fraction of sp³-hybridized carbons (Fsp3) is 0.263. The molecule has 1 amide bonds. The fourth-order valence-electron chi connectivity index (χ4n) is 2.73. The molecule has 0 bridgehead atoms. The average Bonchev–Trinajstić information content (AvgIpc) is 2.61. The second kappa shape index (κ2) is 7.93. The third-order valence-corrected chi connectivity index (χ3v) is 5.39. The molecule has 0 saturated heterocycles. The number of fused-ring (bicyclic) bond motifs is 1. The van der Waals surface area contributed by atoms with Gasteiger partial charge in [0.2, 0.25) is 5.91 Å². The van der Waals surface area contributed by atoms with Gasteiger partial charge in [0.1, 0.15) is 6.10 Å². The van der Waals surface area contributed by atoms with Crippen LogP contribution < -0.4 is 4.90 Å². The normalized spacial score (nSPS) is 14.8. The van der Waals surface area contributed by atoms with E-state index >= 15 is 0 Å². The van der Waals surface area contributed by atoms with Gasteiger partial charge in [-0.3, -0.25) is 9.59 Å². The van der Waals surface area contributed by atoms with Crippen LogP contribution in [0.5, 0.6) is 0 Å². The summed E-state index contributed by atoms with van der Waals surface area (Å²) in [5, 5.41) is 0.569. The summed E-state index contributed by atoms with van der Waals surface area (Å²) >= 11 is 7.65. The highest BCUT2D eigenvalue weighted by Crippen LogP contribution is 2.35. The number of hydrogen-bond donors (Lipinski definition) is 0. The Morgan fingerprint density at radius 2 is 1.96 bits per heavy atom. The molecular weight excluding hydrogens is 358 g/mol. The van der Waals surface area contributed by atoms with Crippen molar-refractivity contribution in [3.05, 3.63) is 59.1 Å². The van der Waals surface area contributed by atoms with E-state index < -0.39 is 6.10 Å². The number of rotatable bonds is 5. The summed E-state index contributed by atoms with van der Waals surface area (Å²) in [6.07, 6.45) is -0.291. The standard InChI is InChI=1S/C19H18ClNO3S/c1-13(14-6-2-3-7-15(14)20)24-19(23)10-11-21-16-8-4-5-9-17(16)25-12-18(21)22/h2-9,13H,10-12H2,1H3/t13-/m1/s1. The minimum atomic E-state index is -0.430. The van der Waals surface area contributed by atoms with Gasteiger partial charge in [0.25, 0.3) is 0 Å². The topological polar surface area (TPSA) is 46.6 Å². The molecule has 1 aliphatic rings. The van der Waals surface area contributed by atoms with Gasteiger partial charge in [-0.2, -0.15) is 0 Å². The average molecular weight is 376 g/mol. The SMILES string of the molecule is C[C@@H](OC(=O)CCN1C(=O)CSc2ccccc21)c1ccccc1Cl. The minimum absolute atomic E-state index is 0.00986. The highest BCUT2D eigenvalue weighted by atomic mass is 35.5. The molecule has 1 heterocycles. The third kappa shape index (κ3) is 4.17. The van der Waals surface area contributed by atoms with Crippen LogP contribution in [0.15, 0.2) is 53.4 Å². The zero-order valence-electron chi connectivity index (χ0n) is 13.8. The Balaban J connectivity index is 1.61. The summed E-state index contributed by atoms with van der Waals surface area (Å²) in [6.45, 7) is 2.10. The number of halogens is 1. The van der Waals surface area contributed by atoms with Gasteiger partial charge in [-0.25, -0.2) is 0 Å². The Labute approximate surface area is 156 Å². The monoisotopic (exact) mass is 375 g/mol. The molecule has 130 valence electrons. The summed E-state index contributed by atoms with van der Waals surface area (Å²) in [6, 6.07) is 15.0. The van der Waals surface area contributed by atoms with Crippen LogP contribution in [-0.2, 0) is 14.3 Å². The molecule has 1 aliphatic heterocycles. The van der Waals surface area contributed by atoms with Gasteiger partial charge in [0.05, 0.1) is 17.9 Å². The van der Waals surface area contributed by atoms with Crippen LogP contribution in [-0.4, -0.2) is 24.2 Å². The molecule has 0 saturated carbocycles. The fourth-order valence-corrected chi connectivity index (χ4v) is 3.95. The molecule has 0 aliphatic carbocycles. The third-order valence-electron chi connectivity index (χ3n) is 4.00. The number of anilines is 1. The van der Waals surface area contributed by atoms with Gasteiger partial charge in [0.15, 0.2) is 0 Å². The van der Waals surface area contributed by atoms with E-state index in [0.717, 1.165) is 16.1 Å². The van der Waals surface area contributed by atoms with E-state index in [-0.39, 0.29) is 18.3 Å². The van der Waals surface area contributed by atoms with Crippen LogP contribution in [0.25, 0.3) is 0 Å². The molecule has 2 aromatic rings. The number of para-hydroxylation sites is 1. The lowest BCUT2D eigenvalue weighted by atomic mass is 10.1. The van der Waals surface area contributed by atoms with E-state index in [1.807, 2.05) is 42.5 Å². The van der Waals surface area contributed by atoms with Gasteiger partial charge in [-0.05, 0) is 25.1 Å². The maximum atomic E-state index is 12.2. The van der Waals surface area contributed by atoms with Crippen LogP contribution in [0.2, 0.25) is 5.02 Å². The Morgan fingerprint density at radius 1 is 1.24 bits per heavy atom. The van der Waals surface area contributed by atoms with E-state index in [0.29, 0.717) is 17.3 Å². The number of benzene rings is 2. The molecule has 0 aromatic heterocycles. The molecule has 0 fully saturated rings. The molecular formula is C19H18ClNO3S. The number of carbonyl (C=O) groups excluding carboxylic acids is 2. The lowest BCUT2D eigenvalue weighted by Gasteiger charge is -2.28. The van der Waals surface area contributed by atoms with Gasteiger partial charge in [-0.1, -0.05) is 41.9 Å². The van der Waals surface area contributed by atoms with Crippen LogP contribution >= 0.6 is 23.4 Å². The smallest absolute Gasteiger partial charge is 0.308 e. The van der Waals surface area contributed by atoms with Crippen molar-refractivity contribution in [3.63, 3.8) is 0 Å². The first-order valence-electron chi connectivity index (χ1n) is 8.02. The summed E-state index contributed by atoms with van der Waals surface area (Å²) in [7, 11) is 0. The lowest BCUT2D eigenvalue weighted by Crippen LogP contribution is -2.37. The van der Waals surface area contributed by atoms with Gasteiger partial charge < -0.3 is 9.64 Å². The summed E-state index contributed by atoms with van der Waals surface area (Å²) < 4.78 is 5.46. The predicted octanol–water partition coefficient (Wildman–Crippen LogP) is 4.47. The minimum Gasteiger partial charge on any atom is -0.458 e. The maximum Gasteiger partial charge on any atom is 0.308 e. The number of hydrogen-bond acceptors (Lipinski definition) is 4. The molecule has 0 radical (unpaired) electrons. The number of thioether (sulfide) groups is 1. The first kappa shape index (κ1) is 17.8. The van der Waals surface area contributed by atoms with Crippen molar-refractivity contribution >= 4 is 40.9 Å². The van der Waals surface area contributed by atoms with Crippen molar-refractivity contribution in [3.8, 4) is 0 Å². The van der Waals surface area contributed by atoms with Crippen molar-refractivity contribution in [1.29, 1.82) is 0 Å². The summed E-state index contributed by atoms with van der Waals surface area (Å²) in [5.74, 6) is 0.0498. The summed E-state index contributed by atoms with van der Waals surface area (Å²) in [4.78, 5) is 27.1. The Kier molecular flexibility index (Phi) is 5.66. The van der Waals surface area contributed by atoms with E-state index in [1.165, 1.54) is 11.8 Å². The van der Waals surface area contributed by atoms with Crippen LogP contribution in [0.3, 0.4) is 0 Å². The quantitative estimate of drug-likeness (QED) is 0.723. The van der Waals surface area contributed by atoms with Crippen LogP contribution in [0.1, 0.15) is 25.0 Å². The Morgan fingerprint density at radius 3 is 2.76 bits per heavy atom. The Hall–Kier alpha value is -1.98.